The number of anilines is 1. The van der Waals surface area contributed by atoms with Crippen molar-refractivity contribution in [3.8, 4) is 0 Å². The van der Waals surface area contributed by atoms with E-state index in [1.807, 2.05) is 0 Å². The smallest absolute Gasteiger partial charge is 0.240 e. The molecule has 0 amide bonds. The van der Waals surface area contributed by atoms with Crippen LogP contribution in [0.25, 0.3) is 0 Å². The van der Waals surface area contributed by atoms with Crippen molar-refractivity contribution in [3.63, 3.8) is 0 Å². The Labute approximate surface area is 127 Å². The minimum Gasteiger partial charge on any atom is -0.399 e. The average molecular weight is 311 g/mol. The third-order valence-electron chi connectivity index (χ3n) is 4.05. The molecule has 118 valence electrons. The predicted molar refractivity (Wildman–Crippen MR) is 85.5 cm³/mol. The van der Waals surface area contributed by atoms with Gasteiger partial charge < -0.3 is 10.6 Å². The van der Waals surface area contributed by atoms with E-state index in [-0.39, 0.29) is 4.90 Å². The molecule has 1 aromatic rings. The molecule has 0 spiro atoms. The lowest BCUT2D eigenvalue weighted by molar-refractivity contribution is 0.159. The summed E-state index contributed by atoms with van der Waals surface area (Å²) in [5, 5.41) is 0. The van der Waals surface area contributed by atoms with Crippen LogP contribution in [0.15, 0.2) is 29.2 Å². The van der Waals surface area contributed by atoms with Crippen molar-refractivity contribution < 1.29 is 8.42 Å². The number of benzene rings is 1. The van der Waals surface area contributed by atoms with Crippen molar-refractivity contribution in [2.45, 2.75) is 43.5 Å². The standard InChI is InChI=1S/C15H25N3O2S/c1-13-5-2-3-11-18(13)12-4-10-17-21(19,20)15-8-6-14(16)7-9-15/h6-9,13,17H,2-5,10-12,16H2,1H3. The van der Waals surface area contributed by atoms with Crippen molar-refractivity contribution in [2.75, 3.05) is 25.4 Å². The zero-order valence-corrected chi connectivity index (χ0v) is 13.4. The molecule has 1 aromatic carbocycles. The van der Waals surface area contributed by atoms with Crippen LogP contribution in [-0.4, -0.2) is 39.0 Å². The molecule has 5 nitrogen and oxygen atoms in total. The lowest BCUT2D eigenvalue weighted by Gasteiger charge is -2.33. The van der Waals surface area contributed by atoms with E-state index in [1.54, 1.807) is 12.1 Å². The van der Waals surface area contributed by atoms with E-state index in [9.17, 15) is 8.42 Å². The Morgan fingerprint density at radius 2 is 2.00 bits per heavy atom. The zero-order valence-electron chi connectivity index (χ0n) is 12.6. The van der Waals surface area contributed by atoms with Gasteiger partial charge in [0, 0.05) is 18.3 Å². The summed E-state index contributed by atoms with van der Waals surface area (Å²) in [5.74, 6) is 0. The number of nitrogen functional groups attached to an aromatic ring is 1. The van der Waals surface area contributed by atoms with Crippen molar-refractivity contribution >= 4 is 15.7 Å². The van der Waals surface area contributed by atoms with Crippen LogP contribution in [0.3, 0.4) is 0 Å². The molecule has 1 heterocycles. The molecule has 3 N–H and O–H groups in total. The minimum absolute atomic E-state index is 0.267. The number of nitrogens with one attached hydrogen (secondary N) is 1. The highest BCUT2D eigenvalue weighted by Crippen LogP contribution is 2.16. The monoisotopic (exact) mass is 311 g/mol. The first-order valence-corrected chi connectivity index (χ1v) is 9.06. The Bertz CT molecular complexity index is 543. The maximum atomic E-state index is 12.1. The summed E-state index contributed by atoms with van der Waals surface area (Å²) < 4.78 is 26.8. The summed E-state index contributed by atoms with van der Waals surface area (Å²) in [6.45, 7) is 4.80. The third-order valence-corrected chi connectivity index (χ3v) is 5.52. The molecule has 21 heavy (non-hydrogen) atoms. The minimum atomic E-state index is -3.42. The number of hydrogen-bond acceptors (Lipinski definition) is 4. The number of sulfonamides is 1. The van der Waals surface area contributed by atoms with E-state index < -0.39 is 10.0 Å². The van der Waals surface area contributed by atoms with Gasteiger partial charge in [0.25, 0.3) is 0 Å². The fourth-order valence-corrected chi connectivity index (χ4v) is 3.78. The van der Waals surface area contributed by atoms with Crippen LogP contribution in [0.1, 0.15) is 32.6 Å². The normalized spacial score (nSPS) is 20.5. The SMILES string of the molecule is CC1CCCCN1CCCNS(=O)(=O)c1ccc(N)cc1. The van der Waals surface area contributed by atoms with Crippen LogP contribution in [0.5, 0.6) is 0 Å². The Balaban J connectivity index is 1.78. The van der Waals surface area contributed by atoms with Gasteiger partial charge in [-0.15, -0.1) is 0 Å². The number of piperidine rings is 1. The highest BCUT2D eigenvalue weighted by atomic mass is 32.2. The number of nitrogens with two attached hydrogens (primary N) is 1. The highest BCUT2D eigenvalue weighted by molar-refractivity contribution is 7.89. The zero-order chi connectivity index (χ0) is 15.3. The van der Waals surface area contributed by atoms with E-state index in [4.69, 9.17) is 5.73 Å². The summed E-state index contributed by atoms with van der Waals surface area (Å²) in [5.41, 5.74) is 6.13. The third kappa shape index (κ3) is 4.69. The summed E-state index contributed by atoms with van der Waals surface area (Å²) in [4.78, 5) is 2.71. The van der Waals surface area contributed by atoms with Crippen LogP contribution in [0.2, 0.25) is 0 Å². The second-order valence-electron chi connectivity index (χ2n) is 5.70. The van der Waals surface area contributed by atoms with Crippen LogP contribution >= 0.6 is 0 Å². The van der Waals surface area contributed by atoms with Crippen LogP contribution in [0.4, 0.5) is 5.69 Å². The maximum absolute atomic E-state index is 12.1. The van der Waals surface area contributed by atoms with Crippen LogP contribution in [-0.2, 0) is 10.0 Å². The largest absolute Gasteiger partial charge is 0.399 e. The van der Waals surface area contributed by atoms with Gasteiger partial charge in [-0.1, -0.05) is 6.42 Å². The van der Waals surface area contributed by atoms with Crippen molar-refractivity contribution in [2.24, 2.45) is 0 Å². The molecule has 1 saturated heterocycles. The van der Waals surface area contributed by atoms with Crippen LogP contribution in [0, 0.1) is 0 Å². The van der Waals surface area contributed by atoms with Gasteiger partial charge in [0.1, 0.15) is 0 Å². The van der Waals surface area contributed by atoms with Gasteiger partial charge in [0.2, 0.25) is 10.0 Å². The van der Waals surface area contributed by atoms with E-state index in [1.165, 1.54) is 31.4 Å². The first kappa shape index (κ1) is 16.3. The molecule has 1 aliphatic rings. The van der Waals surface area contributed by atoms with Crippen molar-refractivity contribution in [3.05, 3.63) is 24.3 Å². The molecular formula is C15H25N3O2S. The van der Waals surface area contributed by atoms with E-state index in [2.05, 4.69) is 16.5 Å². The number of likely N-dealkylation sites (tertiary alicyclic amines) is 1. The molecule has 2 rings (SSSR count). The molecule has 0 saturated carbocycles. The van der Waals surface area contributed by atoms with Gasteiger partial charge in [-0.05, 0) is 63.5 Å². The fourth-order valence-electron chi connectivity index (χ4n) is 2.71. The molecule has 6 heteroatoms. The summed E-state index contributed by atoms with van der Waals surface area (Å²) in [6.07, 6.45) is 4.64. The van der Waals surface area contributed by atoms with Gasteiger partial charge in [-0.25, -0.2) is 13.1 Å². The van der Waals surface area contributed by atoms with Gasteiger partial charge >= 0.3 is 0 Å². The summed E-state index contributed by atoms with van der Waals surface area (Å²) in [6, 6.07) is 6.88. The molecular weight excluding hydrogens is 286 g/mol. The highest BCUT2D eigenvalue weighted by Gasteiger charge is 2.18. The first-order chi connectivity index (χ1) is 9.99. The molecule has 0 aliphatic carbocycles. The quantitative estimate of drug-likeness (QED) is 0.620. The molecule has 0 aromatic heterocycles. The molecule has 1 aliphatic heterocycles. The van der Waals surface area contributed by atoms with E-state index >= 15 is 0 Å². The molecule has 0 radical (unpaired) electrons. The summed E-state index contributed by atoms with van der Waals surface area (Å²) in [7, 11) is -3.42. The Morgan fingerprint density at radius 1 is 1.29 bits per heavy atom. The van der Waals surface area contributed by atoms with Crippen LogP contribution < -0.4 is 10.5 Å². The van der Waals surface area contributed by atoms with Gasteiger partial charge in [-0.3, -0.25) is 0 Å². The number of nitrogens with zero attached hydrogens (tertiary/aromatic N) is 1. The van der Waals surface area contributed by atoms with Gasteiger partial charge in [-0.2, -0.15) is 0 Å². The van der Waals surface area contributed by atoms with E-state index in [0.717, 1.165) is 19.5 Å². The fraction of sp³-hybridized carbons (Fsp3) is 0.600. The van der Waals surface area contributed by atoms with Gasteiger partial charge in [0.15, 0.2) is 0 Å². The topological polar surface area (TPSA) is 75.4 Å². The Kier molecular flexibility index (Phi) is 5.61. The van der Waals surface area contributed by atoms with Crippen molar-refractivity contribution in [1.29, 1.82) is 0 Å². The first-order valence-electron chi connectivity index (χ1n) is 7.58. The summed E-state index contributed by atoms with van der Waals surface area (Å²) >= 11 is 0. The predicted octanol–water partition coefficient (Wildman–Crippen LogP) is 1.81. The molecule has 1 atom stereocenters. The van der Waals surface area contributed by atoms with Gasteiger partial charge in [0.05, 0.1) is 4.90 Å². The Morgan fingerprint density at radius 3 is 2.67 bits per heavy atom. The lowest BCUT2D eigenvalue weighted by atomic mass is 10.0. The molecule has 1 unspecified atom stereocenters. The molecule has 1 fully saturated rings. The number of hydrogen-bond donors (Lipinski definition) is 2. The maximum Gasteiger partial charge on any atom is 0.240 e. The Hall–Kier alpha value is -1.11. The number of rotatable bonds is 6. The second-order valence-corrected chi connectivity index (χ2v) is 7.47. The second kappa shape index (κ2) is 7.24. The van der Waals surface area contributed by atoms with Crippen molar-refractivity contribution in [1.82, 2.24) is 9.62 Å². The van der Waals surface area contributed by atoms with E-state index in [0.29, 0.717) is 18.3 Å². The lowest BCUT2D eigenvalue weighted by Crippen LogP contribution is -2.39. The molecule has 0 bridgehead atoms. The average Bonchev–Trinajstić information content (AvgIpc) is 2.46.